The monoisotopic (exact) mass is 379 g/mol. The van der Waals surface area contributed by atoms with Gasteiger partial charge < -0.3 is 0 Å². The standard InChI is InChI=1S/C24H17N3O2/c1-3-22(28)26-11-10-16-5-7-18(13-21(16)26)27-23(29)9-6-17-14-25-20-8-4-15(2)12-19(20)24(17)27/h3-14H,1H2,2H3. The smallest absolute Gasteiger partial charge is 0.255 e. The predicted octanol–water partition coefficient (Wildman–Crippen LogP) is 4.63. The van der Waals surface area contributed by atoms with Gasteiger partial charge in [0, 0.05) is 34.6 Å². The Balaban J connectivity index is 1.91. The van der Waals surface area contributed by atoms with Crippen LogP contribution in [-0.2, 0) is 0 Å². The number of allylic oxidation sites excluding steroid dienone is 1. The number of carbonyl (C=O) groups excluding carboxylic acids is 1. The van der Waals surface area contributed by atoms with Gasteiger partial charge in [-0.15, -0.1) is 0 Å². The predicted molar refractivity (Wildman–Crippen MR) is 116 cm³/mol. The fourth-order valence-corrected chi connectivity index (χ4v) is 3.83. The summed E-state index contributed by atoms with van der Waals surface area (Å²) in [6.45, 7) is 5.59. The fourth-order valence-electron chi connectivity index (χ4n) is 3.83. The van der Waals surface area contributed by atoms with E-state index < -0.39 is 0 Å². The van der Waals surface area contributed by atoms with Crippen molar-refractivity contribution in [2.45, 2.75) is 6.92 Å². The average Bonchev–Trinajstić information content (AvgIpc) is 3.16. The zero-order valence-electron chi connectivity index (χ0n) is 15.8. The average molecular weight is 379 g/mol. The Labute approximate surface area is 166 Å². The van der Waals surface area contributed by atoms with Crippen LogP contribution in [0.1, 0.15) is 10.4 Å². The lowest BCUT2D eigenvalue weighted by atomic mass is 10.1. The van der Waals surface area contributed by atoms with E-state index in [0.29, 0.717) is 5.69 Å². The summed E-state index contributed by atoms with van der Waals surface area (Å²) in [7, 11) is 0. The molecule has 3 heterocycles. The number of aryl methyl sites for hydroxylation is 1. The van der Waals surface area contributed by atoms with Crippen LogP contribution in [0.3, 0.4) is 0 Å². The van der Waals surface area contributed by atoms with Crippen LogP contribution in [0.25, 0.3) is 38.4 Å². The largest absolute Gasteiger partial charge is 0.284 e. The van der Waals surface area contributed by atoms with Crippen molar-refractivity contribution in [3.8, 4) is 5.69 Å². The van der Waals surface area contributed by atoms with Crippen molar-refractivity contribution < 1.29 is 4.79 Å². The number of pyridine rings is 2. The Morgan fingerprint density at radius 2 is 1.86 bits per heavy atom. The number of benzene rings is 2. The molecule has 5 nitrogen and oxygen atoms in total. The van der Waals surface area contributed by atoms with Crippen LogP contribution in [-0.4, -0.2) is 20.0 Å². The third-order valence-electron chi connectivity index (χ3n) is 5.22. The molecule has 2 aromatic carbocycles. The van der Waals surface area contributed by atoms with Crippen molar-refractivity contribution in [1.82, 2.24) is 14.1 Å². The molecule has 0 bridgehead atoms. The van der Waals surface area contributed by atoms with Gasteiger partial charge in [-0.2, -0.15) is 0 Å². The topological polar surface area (TPSA) is 56.9 Å². The maximum absolute atomic E-state index is 13.0. The van der Waals surface area contributed by atoms with E-state index in [4.69, 9.17) is 0 Å². The highest BCUT2D eigenvalue weighted by molar-refractivity contribution is 6.04. The molecule has 0 saturated carbocycles. The second kappa shape index (κ2) is 6.27. The van der Waals surface area contributed by atoms with Gasteiger partial charge in [-0.1, -0.05) is 24.3 Å². The van der Waals surface area contributed by atoms with Crippen molar-refractivity contribution in [3.05, 3.63) is 95.6 Å². The SMILES string of the molecule is C=CC(=O)n1ccc2ccc(-n3c(=O)ccc4cnc5ccc(C)cc5c43)cc21. The van der Waals surface area contributed by atoms with Gasteiger partial charge in [0.25, 0.3) is 11.5 Å². The molecule has 3 aromatic heterocycles. The lowest BCUT2D eigenvalue weighted by Gasteiger charge is -2.13. The summed E-state index contributed by atoms with van der Waals surface area (Å²) >= 11 is 0. The summed E-state index contributed by atoms with van der Waals surface area (Å²) in [5, 5.41) is 2.71. The quantitative estimate of drug-likeness (QED) is 0.332. The van der Waals surface area contributed by atoms with Crippen LogP contribution in [0.5, 0.6) is 0 Å². The maximum atomic E-state index is 13.0. The zero-order valence-corrected chi connectivity index (χ0v) is 15.8. The second-order valence-electron chi connectivity index (χ2n) is 7.06. The van der Waals surface area contributed by atoms with Crippen LogP contribution in [0, 0.1) is 6.92 Å². The fraction of sp³-hybridized carbons (Fsp3) is 0.0417. The summed E-state index contributed by atoms with van der Waals surface area (Å²) in [6, 6.07) is 16.9. The molecule has 5 aromatic rings. The van der Waals surface area contributed by atoms with Gasteiger partial charge in [-0.25, -0.2) is 0 Å². The molecule has 0 saturated heterocycles. The van der Waals surface area contributed by atoms with Gasteiger partial charge in [0.2, 0.25) is 0 Å². The first-order chi connectivity index (χ1) is 14.1. The van der Waals surface area contributed by atoms with Crippen molar-refractivity contribution in [2.24, 2.45) is 0 Å². The molecule has 29 heavy (non-hydrogen) atoms. The highest BCUT2D eigenvalue weighted by Crippen LogP contribution is 2.27. The van der Waals surface area contributed by atoms with E-state index in [1.807, 2.05) is 49.4 Å². The number of hydrogen-bond donors (Lipinski definition) is 0. The maximum Gasteiger partial charge on any atom is 0.255 e. The number of hydrogen-bond acceptors (Lipinski definition) is 3. The van der Waals surface area contributed by atoms with Gasteiger partial charge in [-0.05, 0) is 49.4 Å². The molecule has 0 amide bonds. The third kappa shape index (κ3) is 2.59. The van der Waals surface area contributed by atoms with Crippen molar-refractivity contribution >= 4 is 38.6 Å². The Hall–Kier alpha value is -3.99. The highest BCUT2D eigenvalue weighted by Gasteiger charge is 2.13. The first kappa shape index (κ1) is 17.1. The van der Waals surface area contributed by atoms with Gasteiger partial charge in [0.15, 0.2) is 0 Å². The molecule has 0 aliphatic heterocycles. The van der Waals surface area contributed by atoms with E-state index in [0.717, 1.165) is 38.3 Å². The summed E-state index contributed by atoms with van der Waals surface area (Å²) < 4.78 is 3.22. The van der Waals surface area contributed by atoms with Crippen molar-refractivity contribution in [1.29, 1.82) is 0 Å². The van der Waals surface area contributed by atoms with Gasteiger partial charge in [0.1, 0.15) is 0 Å². The van der Waals surface area contributed by atoms with E-state index in [1.165, 1.54) is 10.6 Å². The van der Waals surface area contributed by atoms with Crippen LogP contribution in [0.2, 0.25) is 0 Å². The number of aromatic nitrogens is 3. The zero-order chi connectivity index (χ0) is 20.1. The van der Waals surface area contributed by atoms with Gasteiger partial charge in [0.05, 0.1) is 22.2 Å². The normalized spacial score (nSPS) is 11.3. The van der Waals surface area contributed by atoms with Crippen molar-refractivity contribution in [3.63, 3.8) is 0 Å². The molecular formula is C24H17N3O2. The van der Waals surface area contributed by atoms with Crippen LogP contribution >= 0.6 is 0 Å². The number of nitrogens with zero attached hydrogens (tertiary/aromatic N) is 3. The Bertz CT molecular complexity index is 1520. The lowest BCUT2D eigenvalue weighted by Crippen LogP contribution is -2.18. The molecule has 0 atom stereocenters. The molecule has 0 fully saturated rings. The van der Waals surface area contributed by atoms with E-state index in [2.05, 4.69) is 11.6 Å². The van der Waals surface area contributed by atoms with E-state index in [9.17, 15) is 9.59 Å². The third-order valence-corrected chi connectivity index (χ3v) is 5.22. The van der Waals surface area contributed by atoms with Gasteiger partial charge in [-0.3, -0.25) is 23.7 Å². The second-order valence-corrected chi connectivity index (χ2v) is 7.06. The Kier molecular flexibility index (Phi) is 3.71. The number of fused-ring (bicyclic) bond motifs is 4. The number of carbonyl (C=O) groups is 1. The van der Waals surface area contributed by atoms with Crippen LogP contribution in [0.4, 0.5) is 0 Å². The summed E-state index contributed by atoms with van der Waals surface area (Å²) in [5.74, 6) is -0.215. The molecule has 0 aliphatic rings. The molecule has 0 radical (unpaired) electrons. The molecule has 0 spiro atoms. The number of rotatable bonds is 2. The van der Waals surface area contributed by atoms with E-state index in [1.54, 1.807) is 29.1 Å². The van der Waals surface area contributed by atoms with E-state index >= 15 is 0 Å². The summed E-state index contributed by atoms with van der Waals surface area (Å²) in [4.78, 5) is 29.7. The van der Waals surface area contributed by atoms with Crippen LogP contribution in [0.15, 0.2) is 84.4 Å². The first-order valence-corrected chi connectivity index (χ1v) is 9.26. The minimum absolute atomic E-state index is 0.140. The molecule has 5 rings (SSSR count). The molecule has 0 N–H and O–H groups in total. The molecule has 5 heteroatoms. The summed E-state index contributed by atoms with van der Waals surface area (Å²) in [5.41, 5.74) is 4.01. The minimum atomic E-state index is -0.215. The Morgan fingerprint density at radius 1 is 1.03 bits per heavy atom. The molecule has 0 aliphatic carbocycles. The lowest BCUT2D eigenvalue weighted by molar-refractivity contribution is 0.0974. The highest BCUT2D eigenvalue weighted by atomic mass is 16.2. The van der Waals surface area contributed by atoms with Crippen LogP contribution < -0.4 is 5.56 Å². The molecule has 140 valence electrons. The minimum Gasteiger partial charge on any atom is -0.284 e. The summed E-state index contributed by atoms with van der Waals surface area (Å²) in [6.07, 6.45) is 4.77. The van der Waals surface area contributed by atoms with E-state index in [-0.39, 0.29) is 11.5 Å². The Morgan fingerprint density at radius 3 is 2.69 bits per heavy atom. The van der Waals surface area contributed by atoms with Gasteiger partial charge >= 0.3 is 0 Å². The van der Waals surface area contributed by atoms with Crippen molar-refractivity contribution in [2.75, 3.05) is 0 Å². The first-order valence-electron chi connectivity index (χ1n) is 9.26. The molecular weight excluding hydrogens is 362 g/mol. The molecule has 0 unspecified atom stereocenters.